The zero-order valence-corrected chi connectivity index (χ0v) is 18.8. The Hall–Kier alpha value is -4.74. The number of nitrogens with zero attached hydrogens (tertiary/aromatic N) is 5. The van der Waals surface area contributed by atoms with E-state index in [9.17, 15) is 23.5 Å². The van der Waals surface area contributed by atoms with Crippen LogP contribution in [0.2, 0.25) is 0 Å². The maximum atomic E-state index is 15.3. The first-order valence-corrected chi connectivity index (χ1v) is 11.2. The van der Waals surface area contributed by atoms with Gasteiger partial charge in [0.2, 0.25) is 5.43 Å². The lowest BCUT2D eigenvalue weighted by Gasteiger charge is -2.20. The van der Waals surface area contributed by atoms with Crippen molar-refractivity contribution >= 4 is 28.5 Å². The zero-order valence-electron chi connectivity index (χ0n) is 18.8. The average Bonchev–Trinajstić information content (AvgIpc) is 3.46. The third kappa shape index (κ3) is 3.68. The lowest BCUT2D eigenvalue weighted by Crippen LogP contribution is -2.26. The van der Waals surface area contributed by atoms with E-state index in [0.717, 1.165) is 34.5 Å². The summed E-state index contributed by atoms with van der Waals surface area (Å²) >= 11 is 0. The van der Waals surface area contributed by atoms with E-state index in [2.05, 4.69) is 15.1 Å². The molecule has 0 aliphatic carbocycles. The van der Waals surface area contributed by atoms with Crippen molar-refractivity contribution in [2.75, 3.05) is 18.0 Å². The molecule has 4 aromatic rings. The normalized spacial score (nSPS) is 18.6. The van der Waals surface area contributed by atoms with Crippen LogP contribution >= 0.6 is 0 Å². The molecule has 0 bridgehead atoms. The van der Waals surface area contributed by atoms with E-state index in [0.29, 0.717) is 11.8 Å². The van der Waals surface area contributed by atoms with E-state index in [1.54, 1.807) is 23.4 Å². The number of hydrogen-bond donors (Lipinski definition) is 1. The third-order valence-electron chi connectivity index (χ3n) is 6.47. The number of anilines is 1. The minimum Gasteiger partial charge on any atom is -0.477 e. The van der Waals surface area contributed by atoms with Crippen molar-refractivity contribution in [3.8, 4) is 5.69 Å². The highest BCUT2D eigenvalue weighted by Crippen LogP contribution is 2.34. The molecule has 0 saturated carbocycles. The molecule has 1 fully saturated rings. The smallest absolute Gasteiger partial charge is 0.341 e. The summed E-state index contributed by atoms with van der Waals surface area (Å²) in [6.45, 7) is 0.520. The number of aromatic nitrogens is 3. The van der Waals surface area contributed by atoms with Gasteiger partial charge in [-0.3, -0.25) is 14.3 Å². The first-order valence-electron chi connectivity index (χ1n) is 11.2. The quantitative estimate of drug-likeness (QED) is 0.452. The van der Waals surface area contributed by atoms with Gasteiger partial charge in [0.25, 0.3) is 0 Å². The number of halogens is 3. The molecule has 37 heavy (non-hydrogen) atoms. The van der Waals surface area contributed by atoms with Gasteiger partial charge >= 0.3 is 5.97 Å². The van der Waals surface area contributed by atoms with Crippen LogP contribution in [0.1, 0.15) is 15.9 Å². The number of benzene rings is 1. The van der Waals surface area contributed by atoms with E-state index in [-0.39, 0.29) is 47.7 Å². The van der Waals surface area contributed by atoms with Gasteiger partial charge in [0, 0.05) is 36.8 Å². The molecule has 12 heteroatoms. The highest BCUT2D eigenvalue weighted by atomic mass is 19.1. The Morgan fingerprint density at radius 1 is 1.11 bits per heavy atom. The molecule has 0 spiro atoms. The average molecular weight is 507 g/mol. The second kappa shape index (κ2) is 8.43. The standard InChI is InChI=1S/C25H16F3N5O4/c26-13-3-4-19(17(27)6-13)33-10-16(25(35)36)22(34)14-7-18(28)24(30-23(14)33)32-9-15-20(11-32)37-31-21(15)12-2-1-5-29-8-12/h1-8,10,15,20H,9,11H2,(H,35,36). The Bertz CT molecular complexity index is 1670. The first-order chi connectivity index (χ1) is 17.8. The molecule has 0 amide bonds. The second-order valence-electron chi connectivity index (χ2n) is 8.68. The van der Waals surface area contributed by atoms with Crippen LogP contribution in [-0.4, -0.2) is 50.5 Å². The van der Waals surface area contributed by atoms with Crippen LogP contribution in [-0.2, 0) is 4.84 Å². The SMILES string of the molecule is O=C(O)c1cn(-c2ccc(F)cc2F)c2nc(N3CC4ON=C(c5cccnc5)C4C3)c(F)cc2c1=O. The maximum absolute atomic E-state index is 15.3. The molecule has 9 nitrogen and oxygen atoms in total. The maximum Gasteiger partial charge on any atom is 0.341 e. The Balaban J connectivity index is 1.47. The number of carboxylic acids is 1. The molecule has 3 aromatic heterocycles. The molecule has 0 radical (unpaired) electrons. The minimum absolute atomic E-state index is 0.130. The number of carbonyl (C=O) groups is 1. The Labute approximate surface area is 206 Å². The monoisotopic (exact) mass is 507 g/mol. The number of hydrogen-bond acceptors (Lipinski definition) is 7. The second-order valence-corrected chi connectivity index (χ2v) is 8.68. The van der Waals surface area contributed by atoms with Crippen molar-refractivity contribution in [1.29, 1.82) is 0 Å². The predicted molar refractivity (Wildman–Crippen MR) is 126 cm³/mol. The number of fused-ring (bicyclic) bond motifs is 2. The van der Waals surface area contributed by atoms with E-state index in [1.807, 2.05) is 6.07 Å². The number of carboxylic acid groups (broad SMARTS) is 1. The van der Waals surface area contributed by atoms with Crippen molar-refractivity contribution < 1.29 is 27.9 Å². The summed E-state index contributed by atoms with van der Waals surface area (Å²) in [7, 11) is 0. The fourth-order valence-electron chi connectivity index (χ4n) is 4.74. The van der Waals surface area contributed by atoms with Gasteiger partial charge in [0.05, 0.1) is 29.2 Å². The summed E-state index contributed by atoms with van der Waals surface area (Å²) in [5.41, 5.74) is -0.704. The van der Waals surface area contributed by atoms with E-state index >= 15 is 4.39 Å². The zero-order chi connectivity index (χ0) is 25.8. The highest BCUT2D eigenvalue weighted by molar-refractivity contribution is 6.03. The highest BCUT2D eigenvalue weighted by Gasteiger charge is 2.44. The summed E-state index contributed by atoms with van der Waals surface area (Å²) in [6.07, 6.45) is 3.80. The largest absolute Gasteiger partial charge is 0.477 e. The molecule has 5 heterocycles. The van der Waals surface area contributed by atoms with Gasteiger partial charge in [0.1, 0.15) is 17.2 Å². The summed E-state index contributed by atoms with van der Waals surface area (Å²) < 4.78 is 44.6. The topological polar surface area (TPSA) is 110 Å². The summed E-state index contributed by atoms with van der Waals surface area (Å²) in [5.74, 6) is -4.64. The number of aromatic carboxylic acids is 1. The van der Waals surface area contributed by atoms with Gasteiger partial charge in [-0.05, 0) is 30.3 Å². The van der Waals surface area contributed by atoms with Crippen molar-refractivity contribution in [2.24, 2.45) is 11.1 Å². The summed E-state index contributed by atoms with van der Waals surface area (Å²) in [4.78, 5) is 40.1. The number of pyridine rings is 3. The molecule has 1 aromatic carbocycles. The lowest BCUT2D eigenvalue weighted by molar-refractivity contribution is 0.0695. The molecule has 1 N–H and O–H groups in total. The molecular weight excluding hydrogens is 491 g/mol. The molecule has 2 atom stereocenters. The Morgan fingerprint density at radius 3 is 2.68 bits per heavy atom. The Morgan fingerprint density at radius 2 is 1.95 bits per heavy atom. The minimum atomic E-state index is -1.58. The first kappa shape index (κ1) is 22.7. The summed E-state index contributed by atoms with van der Waals surface area (Å²) in [6, 6.07) is 7.16. The van der Waals surface area contributed by atoms with E-state index in [4.69, 9.17) is 4.84 Å². The van der Waals surface area contributed by atoms with E-state index < -0.39 is 34.4 Å². The van der Waals surface area contributed by atoms with Crippen LogP contribution in [0.3, 0.4) is 0 Å². The molecule has 2 unspecified atom stereocenters. The Kier molecular flexibility index (Phi) is 5.18. The van der Waals surface area contributed by atoms with Crippen LogP contribution in [0, 0.1) is 23.4 Å². The van der Waals surface area contributed by atoms with Crippen LogP contribution in [0.25, 0.3) is 16.7 Å². The molecule has 2 aliphatic rings. The molecule has 6 rings (SSSR count). The predicted octanol–water partition coefficient (Wildman–Crippen LogP) is 3.14. The van der Waals surface area contributed by atoms with Crippen molar-refractivity contribution in [3.05, 3.63) is 93.8 Å². The number of oxime groups is 1. The van der Waals surface area contributed by atoms with Crippen LogP contribution < -0.4 is 10.3 Å². The lowest BCUT2D eigenvalue weighted by atomic mass is 9.96. The number of rotatable bonds is 4. The van der Waals surface area contributed by atoms with Crippen molar-refractivity contribution in [2.45, 2.75) is 6.10 Å². The molecule has 186 valence electrons. The van der Waals surface area contributed by atoms with Gasteiger partial charge in [-0.15, -0.1) is 0 Å². The van der Waals surface area contributed by atoms with Crippen LogP contribution in [0.5, 0.6) is 0 Å². The van der Waals surface area contributed by atoms with Crippen molar-refractivity contribution in [1.82, 2.24) is 14.5 Å². The van der Waals surface area contributed by atoms with Gasteiger partial charge in [-0.2, -0.15) is 0 Å². The summed E-state index contributed by atoms with van der Waals surface area (Å²) in [5, 5.41) is 13.3. The fraction of sp³-hybridized carbons (Fsp3) is 0.160. The van der Waals surface area contributed by atoms with Gasteiger partial charge in [-0.1, -0.05) is 5.16 Å². The van der Waals surface area contributed by atoms with Crippen LogP contribution in [0.4, 0.5) is 19.0 Å². The third-order valence-corrected chi connectivity index (χ3v) is 6.47. The molecule has 1 saturated heterocycles. The van der Waals surface area contributed by atoms with Gasteiger partial charge < -0.3 is 14.8 Å². The van der Waals surface area contributed by atoms with Crippen LogP contribution in [0.15, 0.2) is 64.9 Å². The van der Waals surface area contributed by atoms with E-state index in [1.165, 1.54) is 0 Å². The molecule has 2 aliphatic heterocycles. The van der Waals surface area contributed by atoms with Gasteiger partial charge in [-0.25, -0.2) is 22.9 Å². The molecular formula is C25H16F3N5O4. The fourth-order valence-corrected chi connectivity index (χ4v) is 4.74. The van der Waals surface area contributed by atoms with Crippen molar-refractivity contribution in [3.63, 3.8) is 0 Å². The van der Waals surface area contributed by atoms with Gasteiger partial charge in [0.15, 0.2) is 23.4 Å².